The molecule has 0 bridgehead atoms. The first kappa shape index (κ1) is 10.6. The van der Waals surface area contributed by atoms with Crippen LogP contribution in [-0.2, 0) is 7.05 Å². The van der Waals surface area contributed by atoms with Crippen molar-refractivity contribution in [1.29, 1.82) is 0 Å². The Bertz CT molecular complexity index is 495. The molecule has 2 rings (SSSR count). The molecule has 0 saturated carbocycles. The number of aryl methyl sites for hydroxylation is 1. The molecule has 0 saturated heterocycles. The lowest BCUT2D eigenvalue weighted by Crippen LogP contribution is -2.12. The van der Waals surface area contributed by atoms with E-state index in [4.69, 9.17) is 5.73 Å². The number of aromatic nitrogens is 2. The molecule has 0 radical (unpaired) electrons. The molecule has 80 valence electrons. The maximum Gasteiger partial charge on any atom is 0.0955 e. The van der Waals surface area contributed by atoms with Gasteiger partial charge in [0.05, 0.1) is 23.5 Å². The van der Waals surface area contributed by atoms with E-state index in [0.717, 1.165) is 21.1 Å². The number of benzene rings is 1. The average Bonchev–Trinajstić information content (AvgIpc) is 2.58. The molecule has 1 aromatic carbocycles. The summed E-state index contributed by atoms with van der Waals surface area (Å²) in [6.45, 7) is 0.210. The largest absolute Gasteiger partial charge is 0.387 e. The molecule has 5 heteroatoms. The van der Waals surface area contributed by atoms with Crippen molar-refractivity contribution in [3.63, 3.8) is 0 Å². The predicted molar refractivity (Wildman–Crippen MR) is 62.4 cm³/mol. The number of hydrogen-bond acceptors (Lipinski definition) is 3. The van der Waals surface area contributed by atoms with Gasteiger partial charge in [-0.25, -0.2) is 4.98 Å². The molecule has 1 heterocycles. The number of aliphatic hydroxyl groups is 1. The quantitative estimate of drug-likeness (QED) is 0.865. The van der Waals surface area contributed by atoms with E-state index in [-0.39, 0.29) is 6.54 Å². The van der Waals surface area contributed by atoms with Gasteiger partial charge >= 0.3 is 0 Å². The van der Waals surface area contributed by atoms with Gasteiger partial charge in [0.15, 0.2) is 0 Å². The maximum atomic E-state index is 9.71. The highest BCUT2D eigenvalue weighted by molar-refractivity contribution is 9.10. The number of rotatable bonds is 2. The highest BCUT2D eigenvalue weighted by atomic mass is 79.9. The van der Waals surface area contributed by atoms with Crippen molar-refractivity contribution >= 4 is 27.0 Å². The van der Waals surface area contributed by atoms with Crippen molar-refractivity contribution in [1.82, 2.24) is 9.55 Å². The molecule has 0 aliphatic rings. The van der Waals surface area contributed by atoms with Crippen molar-refractivity contribution in [3.8, 4) is 0 Å². The minimum absolute atomic E-state index is 0.210. The van der Waals surface area contributed by atoms with Gasteiger partial charge in [0.25, 0.3) is 0 Å². The highest BCUT2D eigenvalue weighted by Crippen LogP contribution is 2.27. The van der Waals surface area contributed by atoms with Crippen molar-refractivity contribution < 1.29 is 5.11 Å². The third-order valence-corrected chi connectivity index (χ3v) is 3.11. The number of nitrogens with two attached hydrogens (primary N) is 1. The lowest BCUT2D eigenvalue weighted by atomic mass is 10.1. The Morgan fingerprint density at radius 2 is 2.33 bits per heavy atom. The normalized spacial score (nSPS) is 13.3. The first-order valence-electron chi connectivity index (χ1n) is 4.62. The first-order valence-corrected chi connectivity index (χ1v) is 5.41. The Morgan fingerprint density at radius 3 is 3.00 bits per heavy atom. The summed E-state index contributed by atoms with van der Waals surface area (Å²) >= 11 is 3.40. The lowest BCUT2D eigenvalue weighted by Gasteiger charge is -2.10. The number of imidazole rings is 1. The summed E-state index contributed by atoms with van der Waals surface area (Å²) in [5.74, 6) is 0. The number of fused-ring (bicyclic) bond motifs is 1. The van der Waals surface area contributed by atoms with E-state index in [9.17, 15) is 5.11 Å². The Hall–Kier alpha value is -0.910. The van der Waals surface area contributed by atoms with E-state index in [0.29, 0.717) is 0 Å². The molecule has 1 atom stereocenters. The molecule has 0 aliphatic carbocycles. The van der Waals surface area contributed by atoms with Crippen molar-refractivity contribution in [2.75, 3.05) is 6.54 Å². The van der Waals surface area contributed by atoms with E-state index in [1.807, 2.05) is 23.7 Å². The molecule has 0 aliphatic heterocycles. The van der Waals surface area contributed by atoms with E-state index in [2.05, 4.69) is 20.9 Å². The average molecular weight is 270 g/mol. The molecule has 1 aromatic heterocycles. The summed E-state index contributed by atoms with van der Waals surface area (Å²) in [5, 5.41) is 9.71. The summed E-state index contributed by atoms with van der Waals surface area (Å²) in [7, 11) is 1.92. The number of aliphatic hydroxyl groups excluding tert-OH is 1. The predicted octanol–water partition coefficient (Wildman–Crippen LogP) is 1.33. The third-order valence-electron chi connectivity index (χ3n) is 2.43. The summed E-state index contributed by atoms with van der Waals surface area (Å²) in [4.78, 5) is 4.23. The van der Waals surface area contributed by atoms with Crippen molar-refractivity contribution in [2.24, 2.45) is 12.8 Å². The van der Waals surface area contributed by atoms with Crippen LogP contribution in [0.15, 0.2) is 22.9 Å². The zero-order chi connectivity index (χ0) is 11.0. The molecule has 3 N–H and O–H groups in total. The molecule has 0 spiro atoms. The van der Waals surface area contributed by atoms with Crippen LogP contribution in [0.5, 0.6) is 0 Å². The van der Waals surface area contributed by atoms with Gasteiger partial charge in [0.2, 0.25) is 0 Å². The fourth-order valence-electron chi connectivity index (χ4n) is 1.55. The summed E-state index contributed by atoms with van der Waals surface area (Å²) < 4.78 is 2.75. The Morgan fingerprint density at radius 1 is 1.60 bits per heavy atom. The second-order valence-corrected chi connectivity index (χ2v) is 4.32. The Kier molecular flexibility index (Phi) is 2.77. The second-order valence-electron chi connectivity index (χ2n) is 3.47. The smallest absolute Gasteiger partial charge is 0.0955 e. The third kappa shape index (κ3) is 1.78. The van der Waals surface area contributed by atoms with Crippen LogP contribution in [0.25, 0.3) is 11.0 Å². The Balaban J connectivity index is 2.64. The SMILES string of the molecule is Cn1cnc2cc(Br)c(C(O)CN)cc21. The van der Waals surface area contributed by atoms with Crippen LogP contribution in [0.1, 0.15) is 11.7 Å². The zero-order valence-electron chi connectivity index (χ0n) is 8.31. The van der Waals surface area contributed by atoms with Gasteiger partial charge < -0.3 is 15.4 Å². The minimum Gasteiger partial charge on any atom is -0.387 e. The number of nitrogens with zero attached hydrogens (tertiary/aromatic N) is 2. The molecular weight excluding hydrogens is 258 g/mol. The van der Waals surface area contributed by atoms with Gasteiger partial charge in [0, 0.05) is 18.1 Å². The van der Waals surface area contributed by atoms with E-state index in [1.165, 1.54) is 0 Å². The van der Waals surface area contributed by atoms with E-state index in [1.54, 1.807) is 6.33 Å². The van der Waals surface area contributed by atoms with E-state index < -0.39 is 6.10 Å². The molecule has 2 aromatic rings. The fraction of sp³-hybridized carbons (Fsp3) is 0.300. The van der Waals surface area contributed by atoms with Gasteiger partial charge in [-0.2, -0.15) is 0 Å². The Labute approximate surface area is 95.8 Å². The molecule has 0 amide bonds. The van der Waals surface area contributed by atoms with Crippen LogP contribution in [0, 0.1) is 0 Å². The van der Waals surface area contributed by atoms with Crippen LogP contribution in [-0.4, -0.2) is 21.2 Å². The molecule has 0 fully saturated rings. The van der Waals surface area contributed by atoms with Gasteiger partial charge in [-0.15, -0.1) is 0 Å². The molecule has 4 nitrogen and oxygen atoms in total. The molecule has 1 unspecified atom stereocenters. The summed E-state index contributed by atoms with van der Waals surface area (Å²) in [5.41, 5.74) is 8.12. The highest BCUT2D eigenvalue weighted by Gasteiger charge is 2.12. The van der Waals surface area contributed by atoms with Crippen molar-refractivity contribution in [2.45, 2.75) is 6.10 Å². The van der Waals surface area contributed by atoms with Crippen LogP contribution >= 0.6 is 15.9 Å². The fourth-order valence-corrected chi connectivity index (χ4v) is 2.14. The summed E-state index contributed by atoms with van der Waals surface area (Å²) in [6.07, 6.45) is 1.11. The monoisotopic (exact) mass is 269 g/mol. The van der Waals surface area contributed by atoms with Crippen LogP contribution < -0.4 is 5.73 Å². The van der Waals surface area contributed by atoms with Gasteiger partial charge in [-0.3, -0.25) is 0 Å². The molecular formula is C10H12BrN3O. The van der Waals surface area contributed by atoms with Gasteiger partial charge in [-0.1, -0.05) is 15.9 Å². The second kappa shape index (κ2) is 3.92. The van der Waals surface area contributed by atoms with Crippen molar-refractivity contribution in [3.05, 3.63) is 28.5 Å². The number of halogens is 1. The first-order chi connectivity index (χ1) is 7.13. The minimum atomic E-state index is -0.640. The van der Waals surface area contributed by atoms with Crippen LogP contribution in [0.2, 0.25) is 0 Å². The van der Waals surface area contributed by atoms with Crippen LogP contribution in [0.3, 0.4) is 0 Å². The topological polar surface area (TPSA) is 64.1 Å². The van der Waals surface area contributed by atoms with Crippen LogP contribution in [0.4, 0.5) is 0 Å². The van der Waals surface area contributed by atoms with Gasteiger partial charge in [-0.05, 0) is 17.7 Å². The maximum absolute atomic E-state index is 9.71. The standard InChI is InChI=1S/C10H12BrN3O/c1-14-5-13-8-3-7(11)6(2-9(8)14)10(15)4-12/h2-3,5,10,15H,4,12H2,1H3. The number of hydrogen-bond donors (Lipinski definition) is 2. The molecule has 15 heavy (non-hydrogen) atoms. The lowest BCUT2D eigenvalue weighted by molar-refractivity contribution is 0.186. The van der Waals surface area contributed by atoms with Gasteiger partial charge in [0.1, 0.15) is 0 Å². The van der Waals surface area contributed by atoms with E-state index >= 15 is 0 Å². The summed E-state index contributed by atoms with van der Waals surface area (Å²) in [6, 6.07) is 3.80. The zero-order valence-corrected chi connectivity index (χ0v) is 9.90.